The van der Waals surface area contributed by atoms with E-state index in [0.717, 1.165) is 5.02 Å². The van der Waals surface area contributed by atoms with Crippen molar-refractivity contribution in [2.75, 3.05) is 6.54 Å². The van der Waals surface area contributed by atoms with E-state index in [0.29, 0.717) is 17.4 Å². The fourth-order valence-corrected chi connectivity index (χ4v) is 3.48. The van der Waals surface area contributed by atoms with Crippen LogP contribution in [-0.2, 0) is 0 Å². The van der Waals surface area contributed by atoms with E-state index < -0.39 is 0 Å². The Kier molecular flexibility index (Phi) is 3.38. The summed E-state index contributed by atoms with van der Waals surface area (Å²) in [4.78, 5) is 0. The first kappa shape index (κ1) is 12.5. The van der Waals surface area contributed by atoms with E-state index in [9.17, 15) is 0 Å². The number of hydrogen-bond acceptors (Lipinski definition) is 1. The van der Waals surface area contributed by atoms with Gasteiger partial charge in [0.15, 0.2) is 0 Å². The molecule has 98 valence electrons. The molecule has 0 amide bonds. The minimum absolute atomic E-state index is 0.593. The first-order valence-electron chi connectivity index (χ1n) is 7.14. The predicted molar refractivity (Wildman–Crippen MR) is 77.2 cm³/mol. The molecule has 2 aliphatic rings. The fourth-order valence-electron chi connectivity index (χ4n) is 3.19. The lowest BCUT2D eigenvalue weighted by molar-refractivity contribution is 0.137. The third-order valence-electron chi connectivity index (χ3n) is 4.86. The SMILES string of the molecule is CC1(CNC2CC(c3ccccc3Cl)C2)CCC1. The number of benzene rings is 1. The molecule has 1 nitrogen and oxygen atoms in total. The van der Waals surface area contributed by atoms with Gasteiger partial charge >= 0.3 is 0 Å². The zero-order valence-electron chi connectivity index (χ0n) is 11.1. The summed E-state index contributed by atoms with van der Waals surface area (Å²) in [6.07, 6.45) is 6.73. The molecule has 0 unspecified atom stereocenters. The van der Waals surface area contributed by atoms with Crippen LogP contribution in [0, 0.1) is 5.41 Å². The van der Waals surface area contributed by atoms with E-state index in [1.807, 2.05) is 12.1 Å². The van der Waals surface area contributed by atoms with Gasteiger partial charge in [0.2, 0.25) is 0 Å². The third-order valence-corrected chi connectivity index (χ3v) is 5.21. The Bertz CT molecular complexity index is 419. The molecule has 2 aliphatic carbocycles. The molecule has 0 radical (unpaired) electrons. The van der Waals surface area contributed by atoms with Gasteiger partial charge in [-0.1, -0.05) is 43.1 Å². The maximum Gasteiger partial charge on any atom is 0.0440 e. The second kappa shape index (κ2) is 4.86. The lowest BCUT2D eigenvalue weighted by Crippen LogP contribution is -2.46. The van der Waals surface area contributed by atoms with Crippen LogP contribution in [0.1, 0.15) is 50.5 Å². The van der Waals surface area contributed by atoms with E-state index in [2.05, 4.69) is 24.4 Å². The summed E-state index contributed by atoms with van der Waals surface area (Å²) in [7, 11) is 0. The molecule has 2 heteroatoms. The summed E-state index contributed by atoms with van der Waals surface area (Å²) in [6.45, 7) is 3.61. The quantitative estimate of drug-likeness (QED) is 0.851. The normalized spacial score (nSPS) is 29.4. The minimum Gasteiger partial charge on any atom is -0.313 e. The molecule has 2 fully saturated rings. The molecule has 3 rings (SSSR count). The van der Waals surface area contributed by atoms with Crippen molar-refractivity contribution >= 4 is 11.6 Å². The zero-order chi connectivity index (χ0) is 12.6. The maximum atomic E-state index is 6.24. The Morgan fingerprint density at radius 2 is 2.00 bits per heavy atom. The molecule has 0 bridgehead atoms. The minimum atomic E-state index is 0.593. The van der Waals surface area contributed by atoms with Crippen molar-refractivity contribution in [2.45, 2.75) is 51.0 Å². The highest BCUT2D eigenvalue weighted by atomic mass is 35.5. The Labute approximate surface area is 115 Å². The zero-order valence-corrected chi connectivity index (χ0v) is 11.8. The van der Waals surface area contributed by atoms with Crippen LogP contribution in [0.2, 0.25) is 5.02 Å². The predicted octanol–water partition coefficient (Wildman–Crippen LogP) is 4.37. The lowest BCUT2D eigenvalue weighted by Gasteiger charge is -2.43. The van der Waals surface area contributed by atoms with Crippen molar-refractivity contribution in [3.63, 3.8) is 0 Å². The van der Waals surface area contributed by atoms with Crippen LogP contribution in [0.5, 0.6) is 0 Å². The molecule has 0 aliphatic heterocycles. The first-order chi connectivity index (χ1) is 8.66. The van der Waals surface area contributed by atoms with Crippen molar-refractivity contribution in [3.8, 4) is 0 Å². The highest BCUT2D eigenvalue weighted by molar-refractivity contribution is 6.31. The van der Waals surface area contributed by atoms with Crippen LogP contribution < -0.4 is 5.32 Å². The van der Waals surface area contributed by atoms with Gasteiger partial charge in [0, 0.05) is 17.6 Å². The largest absolute Gasteiger partial charge is 0.313 e. The molecule has 0 heterocycles. The molecule has 0 spiro atoms. The average molecular weight is 264 g/mol. The van der Waals surface area contributed by atoms with E-state index in [4.69, 9.17) is 11.6 Å². The van der Waals surface area contributed by atoms with Gasteiger partial charge in [-0.3, -0.25) is 0 Å². The molecule has 2 saturated carbocycles. The highest BCUT2D eigenvalue weighted by Crippen LogP contribution is 2.42. The highest BCUT2D eigenvalue weighted by Gasteiger charge is 2.35. The van der Waals surface area contributed by atoms with Gasteiger partial charge < -0.3 is 5.32 Å². The fraction of sp³-hybridized carbons (Fsp3) is 0.625. The van der Waals surface area contributed by atoms with Gasteiger partial charge in [-0.25, -0.2) is 0 Å². The molecule has 0 saturated heterocycles. The number of halogens is 1. The number of rotatable bonds is 4. The molecule has 1 N–H and O–H groups in total. The Balaban J connectivity index is 1.47. The van der Waals surface area contributed by atoms with Crippen molar-refractivity contribution in [2.24, 2.45) is 5.41 Å². The van der Waals surface area contributed by atoms with E-state index >= 15 is 0 Å². The second-order valence-corrected chi connectivity index (χ2v) is 6.84. The summed E-state index contributed by atoms with van der Waals surface area (Å²) in [6, 6.07) is 9.00. The van der Waals surface area contributed by atoms with E-state index in [1.165, 1.54) is 44.2 Å². The number of hydrogen-bond donors (Lipinski definition) is 1. The molecule has 0 aromatic heterocycles. The van der Waals surface area contributed by atoms with Crippen LogP contribution in [0.25, 0.3) is 0 Å². The summed E-state index contributed by atoms with van der Waals surface area (Å²) in [5, 5.41) is 4.67. The van der Waals surface area contributed by atoms with Crippen molar-refractivity contribution in [1.82, 2.24) is 5.32 Å². The topological polar surface area (TPSA) is 12.0 Å². The van der Waals surface area contributed by atoms with Crippen LogP contribution in [-0.4, -0.2) is 12.6 Å². The van der Waals surface area contributed by atoms with Gasteiger partial charge in [-0.15, -0.1) is 0 Å². The third kappa shape index (κ3) is 2.44. The summed E-state index contributed by atoms with van der Waals surface area (Å²) < 4.78 is 0. The van der Waals surface area contributed by atoms with Crippen molar-refractivity contribution < 1.29 is 0 Å². The number of nitrogens with one attached hydrogen (secondary N) is 1. The summed E-state index contributed by atoms with van der Waals surface area (Å²) in [5.41, 5.74) is 1.93. The van der Waals surface area contributed by atoms with Crippen LogP contribution in [0.3, 0.4) is 0 Å². The Morgan fingerprint density at radius 3 is 2.61 bits per heavy atom. The van der Waals surface area contributed by atoms with Gasteiger partial charge in [0.05, 0.1) is 0 Å². The standard InChI is InChI=1S/C16H22ClN/c1-16(7-4-8-16)11-18-13-9-12(10-13)14-5-2-3-6-15(14)17/h2-3,5-6,12-13,18H,4,7-11H2,1H3. The van der Waals surface area contributed by atoms with Gasteiger partial charge in [0.25, 0.3) is 0 Å². The van der Waals surface area contributed by atoms with Crippen molar-refractivity contribution in [3.05, 3.63) is 34.9 Å². The van der Waals surface area contributed by atoms with Crippen LogP contribution in [0.4, 0.5) is 0 Å². The van der Waals surface area contributed by atoms with Gasteiger partial charge in [-0.05, 0) is 48.6 Å². The van der Waals surface area contributed by atoms with Gasteiger partial charge in [-0.2, -0.15) is 0 Å². The molecular formula is C16H22ClN. The molecule has 1 aromatic rings. The van der Waals surface area contributed by atoms with E-state index in [-0.39, 0.29) is 0 Å². The summed E-state index contributed by atoms with van der Waals surface area (Å²) >= 11 is 6.24. The molecule has 18 heavy (non-hydrogen) atoms. The van der Waals surface area contributed by atoms with Gasteiger partial charge in [0.1, 0.15) is 0 Å². The van der Waals surface area contributed by atoms with Crippen LogP contribution >= 0.6 is 11.6 Å². The molecule has 0 atom stereocenters. The summed E-state index contributed by atoms with van der Waals surface area (Å²) in [5.74, 6) is 0.672. The first-order valence-corrected chi connectivity index (χ1v) is 7.52. The molecular weight excluding hydrogens is 242 g/mol. The molecule has 1 aromatic carbocycles. The maximum absolute atomic E-state index is 6.24. The monoisotopic (exact) mass is 263 g/mol. The average Bonchev–Trinajstić information content (AvgIpc) is 2.27. The van der Waals surface area contributed by atoms with Crippen LogP contribution in [0.15, 0.2) is 24.3 Å². The lowest BCUT2D eigenvalue weighted by atomic mass is 9.69. The second-order valence-electron chi connectivity index (χ2n) is 6.43. The smallest absolute Gasteiger partial charge is 0.0440 e. The Morgan fingerprint density at radius 1 is 1.28 bits per heavy atom. The van der Waals surface area contributed by atoms with Crippen molar-refractivity contribution in [1.29, 1.82) is 0 Å². The van der Waals surface area contributed by atoms with E-state index in [1.54, 1.807) is 0 Å². The Hall–Kier alpha value is -0.530.